The van der Waals surface area contributed by atoms with Gasteiger partial charge in [0.2, 0.25) is 5.56 Å². The van der Waals surface area contributed by atoms with E-state index in [-0.39, 0.29) is 5.56 Å². The normalized spacial score (nSPS) is 32.1. The van der Waals surface area contributed by atoms with Crippen LogP contribution in [0.5, 0.6) is 0 Å². The van der Waals surface area contributed by atoms with E-state index in [4.69, 9.17) is 5.73 Å². The zero-order chi connectivity index (χ0) is 12.9. The second-order valence-electron chi connectivity index (χ2n) is 5.42. The molecule has 1 aromatic heterocycles. The van der Waals surface area contributed by atoms with Crippen molar-refractivity contribution in [3.63, 3.8) is 0 Å². The van der Waals surface area contributed by atoms with Crippen LogP contribution in [0.25, 0.3) is 0 Å². The van der Waals surface area contributed by atoms with Gasteiger partial charge < -0.3 is 10.7 Å². The minimum atomic E-state index is -0.528. The monoisotopic (exact) mass is 242 g/mol. The summed E-state index contributed by atoms with van der Waals surface area (Å²) in [6, 6.07) is 3.45. The number of aromatic nitrogens is 1. The first-order chi connectivity index (χ1) is 8.54. The molecule has 0 aliphatic heterocycles. The number of allylic oxidation sites excluding steroid dienone is 2. The van der Waals surface area contributed by atoms with Crippen LogP contribution in [0.15, 0.2) is 40.2 Å². The molecule has 3 N–H and O–H groups in total. The molecule has 2 aliphatic carbocycles. The van der Waals surface area contributed by atoms with Gasteiger partial charge in [-0.3, -0.25) is 4.79 Å². The van der Waals surface area contributed by atoms with Crippen LogP contribution in [0.3, 0.4) is 0 Å². The summed E-state index contributed by atoms with van der Waals surface area (Å²) in [6.07, 6.45) is 6.21. The maximum atomic E-state index is 11.5. The van der Waals surface area contributed by atoms with E-state index in [2.05, 4.69) is 31.0 Å². The summed E-state index contributed by atoms with van der Waals surface area (Å²) in [6.45, 7) is 4.19. The van der Waals surface area contributed by atoms with Gasteiger partial charge in [0.05, 0.1) is 5.54 Å². The maximum Gasteiger partial charge on any atom is 0.248 e. The van der Waals surface area contributed by atoms with Crippen molar-refractivity contribution in [2.45, 2.75) is 32.2 Å². The number of aromatic amines is 1. The molecule has 2 atom stereocenters. The third kappa shape index (κ3) is 1.44. The van der Waals surface area contributed by atoms with Crippen LogP contribution in [0.1, 0.15) is 31.5 Å². The highest BCUT2D eigenvalue weighted by Crippen LogP contribution is 2.46. The molecule has 3 heteroatoms. The molecular weight excluding hydrogens is 224 g/mol. The molecule has 2 aliphatic rings. The van der Waals surface area contributed by atoms with Gasteiger partial charge in [0.1, 0.15) is 0 Å². The second kappa shape index (κ2) is 3.69. The van der Waals surface area contributed by atoms with E-state index in [9.17, 15) is 4.79 Å². The van der Waals surface area contributed by atoms with E-state index < -0.39 is 5.54 Å². The average molecular weight is 242 g/mol. The molecule has 0 saturated carbocycles. The molecule has 0 spiro atoms. The van der Waals surface area contributed by atoms with Crippen molar-refractivity contribution in [1.29, 1.82) is 0 Å². The molecule has 0 aromatic carbocycles. The minimum Gasteiger partial charge on any atom is -0.326 e. The lowest BCUT2D eigenvalue weighted by atomic mass is 9.64. The lowest BCUT2D eigenvalue weighted by molar-refractivity contribution is 0.430. The molecule has 94 valence electrons. The van der Waals surface area contributed by atoms with E-state index in [1.165, 1.54) is 11.1 Å². The van der Waals surface area contributed by atoms with E-state index in [1.807, 2.05) is 6.07 Å². The van der Waals surface area contributed by atoms with Crippen LogP contribution in [0.2, 0.25) is 0 Å². The Kier molecular flexibility index (Phi) is 2.35. The lowest BCUT2D eigenvalue weighted by Crippen LogP contribution is -2.47. The Balaban J connectivity index is 2.31. The number of rotatable bonds is 0. The van der Waals surface area contributed by atoms with Crippen molar-refractivity contribution in [2.24, 2.45) is 11.7 Å². The highest BCUT2D eigenvalue weighted by atomic mass is 16.1. The van der Waals surface area contributed by atoms with Gasteiger partial charge in [-0.1, -0.05) is 17.7 Å². The third-order valence-electron chi connectivity index (χ3n) is 4.17. The maximum absolute atomic E-state index is 11.5. The number of hydrogen-bond donors (Lipinski definition) is 2. The lowest BCUT2D eigenvalue weighted by Gasteiger charge is -2.44. The Hall–Kier alpha value is -1.61. The Morgan fingerprint density at radius 3 is 2.94 bits per heavy atom. The first-order valence-electron chi connectivity index (χ1n) is 6.41. The summed E-state index contributed by atoms with van der Waals surface area (Å²) in [7, 11) is 0. The molecular formula is C15H18N2O. The highest BCUT2D eigenvalue weighted by Gasteiger charge is 2.42. The van der Waals surface area contributed by atoms with Crippen LogP contribution < -0.4 is 11.3 Å². The fourth-order valence-electron chi connectivity index (χ4n) is 3.57. The molecule has 0 amide bonds. The highest BCUT2D eigenvalue weighted by molar-refractivity contribution is 5.50. The van der Waals surface area contributed by atoms with Gasteiger partial charge in [-0.25, -0.2) is 0 Å². The quantitative estimate of drug-likeness (QED) is 0.684. The van der Waals surface area contributed by atoms with Gasteiger partial charge in [0.15, 0.2) is 0 Å². The SMILES string of the molecule is C/C=C1/[C@@H]2CC(C)=C[C@]1(N)c1ccc(=O)[nH]c1C2. The predicted octanol–water partition coefficient (Wildman–Crippen LogP) is 2.00. The standard InChI is InChI=1S/C15H18N2O/c1-3-11-10-6-9(2)8-15(11,16)12-4-5-14(18)17-13(12)7-10/h3-5,8,10H,6-7,16H2,1-2H3,(H,17,18)/b11-3-/t10-,15-/m1/s1. The van der Waals surface area contributed by atoms with Crippen molar-refractivity contribution in [1.82, 2.24) is 4.98 Å². The van der Waals surface area contributed by atoms with Crippen LogP contribution >= 0.6 is 0 Å². The largest absolute Gasteiger partial charge is 0.326 e. The fourth-order valence-corrected chi connectivity index (χ4v) is 3.57. The number of fused-ring (bicyclic) bond motifs is 4. The van der Waals surface area contributed by atoms with E-state index >= 15 is 0 Å². The molecule has 3 rings (SSSR count). The summed E-state index contributed by atoms with van der Waals surface area (Å²) in [5, 5.41) is 0. The smallest absolute Gasteiger partial charge is 0.248 e. The van der Waals surface area contributed by atoms with Gasteiger partial charge in [0, 0.05) is 11.8 Å². The van der Waals surface area contributed by atoms with Crippen LogP contribution in [-0.4, -0.2) is 4.98 Å². The van der Waals surface area contributed by atoms with Gasteiger partial charge in [-0.05, 0) is 49.8 Å². The minimum absolute atomic E-state index is 0.0416. The average Bonchev–Trinajstić information content (AvgIpc) is 2.26. The molecule has 1 heterocycles. The molecule has 1 aromatic rings. The molecule has 2 bridgehead atoms. The summed E-state index contributed by atoms with van der Waals surface area (Å²) >= 11 is 0. The van der Waals surface area contributed by atoms with E-state index in [1.54, 1.807) is 6.07 Å². The molecule has 18 heavy (non-hydrogen) atoms. The van der Waals surface area contributed by atoms with Crippen molar-refractivity contribution < 1.29 is 0 Å². The second-order valence-corrected chi connectivity index (χ2v) is 5.42. The van der Waals surface area contributed by atoms with Crippen LogP contribution in [-0.2, 0) is 12.0 Å². The van der Waals surface area contributed by atoms with Crippen molar-refractivity contribution >= 4 is 0 Å². The first-order valence-corrected chi connectivity index (χ1v) is 6.41. The Morgan fingerprint density at radius 2 is 2.22 bits per heavy atom. The summed E-state index contributed by atoms with van der Waals surface area (Å²) in [5.41, 5.74) is 10.7. The van der Waals surface area contributed by atoms with Crippen molar-refractivity contribution in [2.75, 3.05) is 0 Å². The van der Waals surface area contributed by atoms with Crippen LogP contribution in [0.4, 0.5) is 0 Å². The van der Waals surface area contributed by atoms with E-state index in [0.717, 1.165) is 24.1 Å². The zero-order valence-corrected chi connectivity index (χ0v) is 10.8. The van der Waals surface area contributed by atoms with E-state index in [0.29, 0.717) is 5.92 Å². The molecule has 3 nitrogen and oxygen atoms in total. The molecule has 0 fully saturated rings. The van der Waals surface area contributed by atoms with Gasteiger partial charge in [0.25, 0.3) is 0 Å². The van der Waals surface area contributed by atoms with Gasteiger partial charge >= 0.3 is 0 Å². The Labute approximate surface area is 106 Å². The number of pyridine rings is 1. The topological polar surface area (TPSA) is 58.9 Å². The van der Waals surface area contributed by atoms with Crippen molar-refractivity contribution in [3.05, 3.63) is 57.0 Å². The van der Waals surface area contributed by atoms with Crippen molar-refractivity contribution in [3.8, 4) is 0 Å². The molecule has 0 unspecified atom stereocenters. The van der Waals surface area contributed by atoms with Gasteiger partial charge in [-0.15, -0.1) is 0 Å². The summed E-state index contributed by atoms with van der Waals surface area (Å²) in [5.74, 6) is 0.426. The number of nitrogens with one attached hydrogen (secondary N) is 1. The van der Waals surface area contributed by atoms with Gasteiger partial charge in [-0.2, -0.15) is 0 Å². The Bertz CT molecular complexity index is 624. The summed E-state index contributed by atoms with van der Waals surface area (Å²) in [4.78, 5) is 14.4. The zero-order valence-electron chi connectivity index (χ0n) is 10.8. The number of H-pyrrole nitrogens is 1. The number of hydrogen-bond acceptors (Lipinski definition) is 2. The third-order valence-corrected chi connectivity index (χ3v) is 4.17. The predicted molar refractivity (Wildman–Crippen MR) is 72.3 cm³/mol. The Morgan fingerprint density at radius 1 is 1.44 bits per heavy atom. The first kappa shape index (κ1) is 11.5. The molecule has 0 saturated heterocycles. The molecule has 0 radical (unpaired) electrons. The number of nitrogens with two attached hydrogens (primary N) is 1. The summed E-state index contributed by atoms with van der Waals surface area (Å²) < 4.78 is 0. The van der Waals surface area contributed by atoms with Crippen LogP contribution in [0, 0.1) is 5.92 Å². The fraction of sp³-hybridized carbons (Fsp3) is 0.400.